The zero-order valence-corrected chi connectivity index (χ0v) is 18.2. The fourth-order valence-electron chi connectivity index (χ4n) is 2.94. The molecule has 2 N–H and O–H groups in total. The van der Waals surface area contributed by atoms with E-state index in [-0.39, 0.29) is 16.5 Å². The fourth-order valence-corrected chi connectivity index (χ4v) is 3.41. The predicted molar refractivity (Wildman–Crippen MR) is 115 cm³/mol. The number of thiocarbonyl (C=S) groups is 2. The van der Waals surface area contributed by atoms with Crippen molar-refractivity contribution in [2.24, 2.45) is 11.8 Å². The Morgan fingerprint density at radius 3 is 1.80 bits per heavy atom. The van der Waals surface area contributed by atoms with Crippen LogP contribution in [0.15, 0.2) is 0 Å². The Morgan fingerprint density at radius 2 is 1.36 bits per heavy atom. The number of unbranched alkanes of at least 4 members (excludes halogenated alkanes) is 4. The van der Waals surface area contributed by atoms with Crippen LogP contribution in [0.25, 0.3) is 0 Å². The maximum absolute atomic E-state index is 10.1. The zero-order valence-electron chi connectivity index (χ0n) is 16.6. The van der Waals surface area contributed by atoms with Crippen LogP contribution in [0.5, 0.6) is 0 Å². The first kappa shape index (κ1) is 24.7. The monoisotopic (exact) mass is 390 g/mol. The molecule has 0 radical (unpaired) electrons. The van der Waals surface area contributed by atoms with E-state index in [0.29, 0.717) is 18.9 Å². The molecular weight excluding hydrogens is 352 g/mol. The van der Waals surface area contributed by atoms with Gasteiger partial charge in [0, 0.05) is 6.61 Å². The number of hydrogen-bond acceptors (Lipinski definition) is 3. The molecule has 0 saturated heterocycles. The van der Waals surface area contributed by atoms with Gasteiger partial charge in [0.25, 0.3) is 0 Å². The quantitative estimate of drug-likeness (QED) is 0.226. The Kier molecular flexibility index (Phi) is 13.7. The summed E-state index contributed by atoms with van der Waals surface area (Å²) in [5.74, 6) is 1.43. The highest BCUT2D eigenvalue weighted by atomic mass is 32.1. The Bertz CT molecular complexity index is 383. The summed E-state index contributed by atoms with van der Waals surface area (Å²) in [6.45, 7) is 9.44. The van der Waals surface area contributed by atoms with Crippen molar-refractivity contribution >= 4 is 34.5 Å². The second kappa shape index (κ2) is 13.9. The van der Waals surface area contributed by atoms with Crippen LogP contribution in [-0.4, -0.2) is 32.5 Å². The number of rotatable bonds is 16. The van der Waals surface area contributed by atoms with Crippen LogP contribution in [0, 0.1) is 11.8 Å². The van der Waals surface area contributed by atoms with Crippen LogP contribution in [-0.2, 0) is 4.74 Å². The normalized spacial score (nSPS) is 14.0. The van der Waals surface area contributed by atoms with E-state index in [1.165, 1.54) is 19.3 Å². The molecule has 0 amide bonds. The van der Waals surface area contributed by atoms with Crippen molar-refractivity contribution in [1.82, 2.24) is 0 Å². The summed E-state index contributed by atoms with van der Waals surface area (Å²) in [7, 11) is 0. The number of aliphatic hydroxyl groups excluding tert-OH is 2. The van der Waals surface area contributed by atoms with E-state index in [0.717, 1.165) is 38.0 Å². The van der Waals surface area contributed by atoms with E-state index in [4.69, 9.17) is 29.2 Å². The molecule has 0 fully saturated rings. The van der Waals surface area contributed by atoms with Crippen molar-refractivity contribution in [3.63, 3.8) is 0 Å². The molecule has 0 aliphatic heterocycles. The summed E-state index contributed by atoms with van der Waals surface area (Å²) < 4.78 is 6.00. The Hall–Kier alpha value is -0.260. The van der Waals surface area contributed by atoms with Gasteiger partial charge < -0.3 is 14.9 Å². The van der Waals surface area contributed by atoms with Crippen LogP contribution < -0.4 is 0 Å². The van der Waals surface area contributed by atoms with Gasteiger partial charge in [0.2, 0.25) is 0 Å². The lowest BCUT2D eigenvalue weighted by atomic mass is 9.92. The second-order valence-electron chi connectivity index (χ2n) is 7.95. The topological polar surface area (TPSA) is 49.7 Å². The molecule has 5 heteroatoms. The van der Waals surface area contributed by atoms with Gasteiger partial charge in [-0.1, -0.05) is 72.6 Å². The minimum absolute atomic E-state index is 0.105. The van der Waals surface area contributed by atoms with Crippen LogP contribution in [0.1, 0.15) is 91.9 Å². The van der Waals surface area contributed by atoms with Gasteiger partial charge in [-0.25, -0.2) is 0 Å². The predicted octanol–water partition coefficient (Wildman–Crippen LogP) is 6.73. The highest BCUT2D eigenvalue weighted by Crippen LogP contribution is 2.27. The van der Waals surface area contributed by atoms with Crippen molar-refractivity contribution in [1.29, 1.82) is 0 Å². The van der Waals surface area contributed by atoms with E-state index >= 15 is 0 Å². The minimum Gasteiger partial charge on any atom is -0.502 e. The molecule has 0 bridgehead atoms. The Balaban J connectivity index is 4.46. The molecule has 0 heterocycles. The minimum atomic E-state index is -1.00. The van der Waals surface area contributed by atoms with Gasteiger partial charge in [-0.2, -0.15) is 0 Å². The average molecular weight is 391 g/mol. The molecule has 3 nitrogen and oxygen atoms in total. The van der Waals surface area contributed by atoms with E-state index < -0.39 is 5.60 Å². The summed E-state index contributed by atoms with van der Waals surface area (Å²) in [5, 5.41) is 19.3. The lowest BCUT2D eigenvalue weighted by Crippen LogP contribution is -2.42. The van der Waals surface area contributed by atoms with Crippen LogP contribution in [0.4, 0.5) is 0 Å². The Morgan fingerprint density at radius 1 is 0.840 bits per heavy atom. The zero-order chi connectivity index (χ0) is 19.3. The van der Waals surface area contributed by atoms with E-state index in [1.807, 2.05) is 0 Å². The molecule has 0 aromatic carbocycles. The van der Waals surface area contributed by atoms with Crippen molar-refractivity contribution in [3.05, 3.63) is 0 Å². The van der Waals surface area contributed by atoms with E-state index in [2.05, 4.69) is 27.7 Å². The maximum atomic E-state index is 10.1. The highest BCUT2D eigenvalue weighted by molar-refractivity contribution is 7.80. The molecule has 0 aliphatic carbocycles. The Labute approximate surface area is 165 Å². The maximum Gasteiger partial charge on any atom is 0.190 e. The third-order valence-corrected chi connectivity index (χ3v) is 5.01. The SMILES string of the molecule is CC(C)CCCCCOC(CCCCCC(C)C)(CC(O)=S)C(O)=S. The third-order valence-electron chi connectivity index (χ3n) is 4.49. The fraction of sp³-hybridized carbons (Fsp3) is 0.900. The van der Waals surface area contributed by atoms with Crippen molar-refractivity contribution < 1.29 is 14.9 Å². The first-order valence-electron chi connectivity index (χ1n) is 9.78. The lowest BCUT2D eigenvalue weighted by Gasteiger charge is -2.31. The van der Waals surface area contributed by atoms with Crippen LogP contribution in [0.3, 0.4) is 0 Å². The lowest BCUT2D eigenvalue weighted by molar-refractivity contribution is -0.00810. The molecule has 0 saturated carbocycles. The summed E-state index contributed by atoms with van der Waals surface area (Å²) in [6.07, 6.45) is 9.48. The number of aliphatic hydroxyl groups is 2. The van der Waals surface area contributed by atoms with E-state index in [1.54, 1.807) is 0 Å². The molecule has 0 aliphatic rings. The van der Waals surface area contributed by atoms with Gasteiger partial charge >= 0.3 is 0 Å². The van der Waals surface area contributed by atoms with Crippen LogP contribution in [0.2, 0.25) is 0 Å². The molecule has 0 spiro atoms. The summed E-state index contributed by atoms with van der Waals surface area (Å²) in [5.41, 5.74) is -1.00. The first-order valence-corrected chi connectivity index (χ1v) is 10.6. The average Bonchev–Trinajstić information content (AvgIpc) is 2.48. The number of hydrogen-bond donors (Lipinski definition) is 2. The molecule has 0 rings (SSSR count). The highest BCUT2D eigenvalue weighted by Gasteiger charge is 2.37. The van der Waals surface area contributed by atoms with Crippen molar-refractivity contribution in [2.45, 2.75) is 97.5 Å². The van der Waals surface area contributed by atoms with E-state index in [9.17, 15) is 10.2 Å². The molecule has 25 heavy (non-hydrogen) atoms. The summed E-state index contributed by atoms with van der Waals surface area (Å²) >= 11 is 9.91. The van der Waals surface area contributed by atoms with Gasteiger partial charge in [-0.3, -0.25) is 0 Å². The molecular formula is C20H38O3S2. The number of ether oxygens (including phenoxy) is 1. The largest absolute Gasteiger partial charge is 0.502 e. The first-order chi connectivity index (χ1) is 11.7. The van der Waals surface area contributed by atoms with Crippen LogP contribution >= 0.6 is 24.4 Å². The van der Waals surface area contributed by atoms with Gasteiger partial charge in [0.05, 0.1) is 6.42 Å². The molecule has 0 aromatic rings. The molecule has 1 unspecified atom stereocenters. The van der Waals surface area contributed by atoms with Crippen molar-refractivity contribution in [3.8, 4) is 0 Å². The molecule has 0 aromatic heterocycles. The van der Waals surface area contributed by atoms with Gasteiger partial charge in [0.1, 0.15) is 5.60 Å². The van der Waals surface area contributed by atoms with Gasteiger partial charge in [-0.05, 0) is 49.1 Å². The summed E-state index contributed by atoms with van der Waals surface area (Å²) in [6, 6.07) is 0. The van der Waals surface area contributed by atoms with Gasteiger partial charge in [0.15, 0.2) is 10.1 Å². The second-order valence-corrected chi connectivity index (χ2v) is 8.81. The molecule has 148 valence electrons. The van der Waals surface area contributed by atoms with Gasteiger partial charge in [-0.15, -0.1) is 0 Å². The molecule has 1 atom stereocenters. The smallest absolute Gasteiger partial charge is 0.190 e. The van der Waals surface area contributed by atoms with Crippen molar-refractivity contribution in [2.75, 3.05) is 6.61 Å². The third kappa shape index (κ3) is 12.7. The standard InChI is InChI=1S/C20H38O3S2/c1-16(2)11-7-5-9-13-20(19(22)25,15-18(21)24)23-14-10-6-8-12-17(3)4/h16-17H,5-15H2,1-4H3,(H,21,24)(H,22,25). The summed E-state index contributed by atoms with van der Waals surface area (Å²) in [4.78, 5) is 0.